The lowest BCUT2D eigenvalue weighted by Gasteiger charge is -2.10. The zero-order valence-electron chi connectivity index (χ0n) is 15.4. The third-order valence-electron chi connectivity index (χ3n) is 3.52. The molecule has 0 spiro atoms. The lowest BCUT2D eigenvalue weighted by molar-refractivity contribution is 0.371. The number of guanidine groups is 1. The number of hydrogen-bond acceptors (Lipinski definition) is 4. The fraction of sp³-hybridized carbons (Fsp3) is 0.500. The average Bonchev–Trinajstić information content (AvgIpc) is 3.03. The van der Waals surface area contributed by atoms with Crippen LogP contribution in [-0.4, -0.2) is 29.2 Å². The monoisotopic (exact) mass is 457 g/mol. The van der Waals surface area contributed by atoms with Crippen molar-refractivity contribution in [3.63, 3.8) is 0 Å². The van der Waals surface area contributed by atoms with E-state index in [9.17, 15) is 0 Å². The zero-order valence-corrected chi connectivity index (χ0v) is 17.7. The van der Waals surface area contributed by atoms with Gasteiger partial charge in [-0.25, -0.2) is 4.99 Å². The first-order chi connectivity index (χ1) is 11.6. The lowest BCUT2D eigenvalue weighted by Crippen LogP contribution is -2.38. The Hall–Kier alpha value is -1.64. The van der Waals surface area contributed by atoms with Gasteiger partial charge in [-0.15, -0.1) is 24.0 Å². The van der Waals surface area contributed by atoms with Gasteiger partial charge in [-0.2, -0.15) is 4.98 Å². The number of nitrogens with one attached hydrogen (secondary N) is 2. The van der Waals surface area contributed by atoms with Crippen molar-refractivity contribution in [1.29, 1.82) is 0 Å². The molecule has 0 saturated carbocycles. The number of rotatable bonds is 7. The SMILES string of the molecule is CCNC(=NCc1ccc(C)cc1)NCCc1nc(C(C)C)no1.I. The molecule has 1 heterocycles. The van der Waals surface area contributed by atoms with Crippen LogP contribution in [0.3, 0.4) is 0 Å². The van der Waals surface area contributed by atoms with Crippen molar-refractivity contribution in [2.24, 2.45) is 4.99 Å². The van der Waals surface area contributed by atoms with Gasteiger partial charge >= 0.3 is 0 Å². The highest BCUT2D eigenvalue weighted by atomic mass is 127. The van der Waals surface area contributed by atoms with E-state index in [2.05, 4.69) is 63.9 Å². The molecule has 0 aliphatic carbocycles. The van der Waals surface area contributed by atoms with Crippen molar-refractivity contribution < 1.29 is 4.52 Å². The molecule has 0 radical (unpaired) electrons. The van der Waals surface area contributed by atoms with E-state index in [0.717, 1.165) is 18.3 Å². The highest BCUT2D eigenvalue weighted by molar-refractivity contribution is 14.0. The molecule has 138 valence electrons. The van der Waals surface area contributed by atoms with Crippen LogP contribution >= 0.6 is 24.0 Å². The Kier molecular flexibility index (Phi) is 9.48. The van der Waals surface area contributed by atoms with Crippen LogP contribution < -0.4 is 10.6 Å². The molecule has 7 heteroatoms. The summed E-state index contributed by atoms with van der Waals surface area (Å²) in [5, 5.41) is 10.5. The molecule has 0 atom stereocenters. The van der Waals surface area contributed by atoms with Crippen LogP contribution in [0.25, 0.3) is 0 Å². The van der Waals surface area contributed by atoms with E-state index in [1.807, 2.05) is 13.8 Å². The number of aromatic nitrogens is 2. The first kappa shape index (κ1) is 21.4. The van der Waals surface area contributed by atoms with Crippen LogP contribution in [0.4, 0.5) is 0 Å². The van der Waals surface area contributed by atoms with Gasteiger partial charge in [0.05, 0.1) is 6.54 Å². The first-order valence-corrected chi connectivity index (χ1v) is 8.48. The predicted molar refractivity (Wildman–Crippen MR) is 112 cm³/mol. The predicted octanol–water partition coefficient (Wildman–Crippen LogP) is 3.42. The van der Waals surface area contributed by atoms with Gasteiger partial charge in [-0.3, -0.25) is 0 Å². The van der Waals surface area contributed by atoms with Gasteiger partial charge in [0.25, 0.3) is 0 Å². The summed E-state index contributed by atoms with van der Waals surface area (Å²) in [5.74, 6) is 2.48. The van der Waals surface area contributed by atoms with E-state index in [1.165, 1.54) is 11.1 Å². The number of benzene rings is 1. The van der Waals surface area contributed by atoms with Gasteiger partial charge in [0.1, 0.15) is 0 Å². The van der Waals surface area contributed by atoms with E-state index in [0.29, 0.717) is 25.4 Å². The molecule has 2 aromatic rings. The molecule has 0 aliphatic rings. The Balaban J connectivity index is 0.00000312. The van der Waals surface area contributed by atoms with Crippen LogP contribution in [-0.2, 0) is 13.0 Å². The van der Waals surface area contributed by atoms with Gasteiger partial charge in [-0.05, 0) is 19.4 Å². The molecule has 25 heavy (non-hydrogen) atoms. The van der Waals surface area contributed by atoms with Crippen LogP contribution in [0.15, 0.2) is 33.8 Å². The minimum absolute atomic E-state index is 0. The van der Waals surface area contributed by atoms with Crippen LogP contribution in [0, 0.1) is 6.92 Å². The van der Waals surface area contributed by atoms with Crippen molar-refractivity contribution in [1.82, 2.24) is 20.8 Å². The second-order valence-corrected chi connectivity index (χ2v) is 6.06. The van der Waals surface area contributed by atoms with Crippen LogP contribution in [0.1, 0.15) is 49.5 Å². The maximum atomic E-state index is 5.25. The fourth-order valence-corrected chi connectivity index (χ4v) is 2.10. The molecule has 0 aliphatic heterocycles. The van der Waals surface area contributed by atoms with E-state index in [-0.39, 0.29) is 29.9 Å². The molecular formula is C18H28IN5O. The number of aliphatic imine (C=N–C) groups is 1. The standard InChI is InChI=1S/C18H27N5O.HI/c1-5-19-18(21-12-15-8-6-14(4)7-9-15)20-11-10-16-22-17(13(2)3)23-24-16;/h6-9,13H,5,10-12H2,1-4H3,(H2,19,20,21);1H. The molecule has 0 saturated heterocycles. The van der Waals surface area contributed by atoms with E-state index >= 15 is 0 Å². The number of aryl methyl sites for hydroxylation is 1. The molecule has 0 amide bonds. The minimum atomic E-state index is 0. The Morgan fingerprint density at radius 2 is 1.92 bits per heavy atom. The summed E-state index contributed by atoms with van der Waals surface area (Å²) >= 11 is 0. The van der Waals surface area contributed by atoms with Crippen molar-refractivity contribution in [2.45, 2.75) is 46.6 Å². The summed E-state index contributed by atoms with van der Waals surface area (Å²) in [5.41, 5.74) is 2.45. The maximum absolute atomic E-state index is 5.25. The summed E-state index contributed by atoms with van der Waals surface area (Å²) in [4.78, 5) is 8.98. The Morgan fingerprint density at radius 1 is 1.20 bits per heavy atom. The van der Waals surface area contributed by atoms with Crippen molar-refractivity contribution in [3.8, 4) is 0 Å². The largest absolute Gasteiger partial charge is 0.357 e. The summed E-state index contributed by atoms with van der Waals surface area (Å²) in [6.07, 6.45) is 0.675. The smallest absolute Gasteiger partial charge is 0.228 e. The Labute approximate surface area is 166 Å². The van der Waals surface area contributed by atoms with Gasteiger partial charge in [0.2, 0.25) is 5.89 Å². The second kappa shape index (κ2) is 11.1. The van der Waals surface area contributed by atoms with Crippen LogP contribution in [0.5, 0.6) is 0 Å². The minimum Gasteiger partial charge on any atom is -0.357 e. The normalized spacial score (nSPS) is 11.3. The molecular weight excluding hydrogens is 429 g/mol. The van der Waals surface area contributed by atoms with Crippen molar-refractivity contribution in [3.05, 3.63) is 47.1 Å². The lowest BCUT2D eigenvalue weighted by atomic mass is 10.1. The molecule has 0 fully saturated rings. The zero-order chi connectivity index (χ0) is 17.4. The van der Waals surface area contributed by atoms with Gasteiger partial charge in [0, 0.05) is 25.4 Å². The molecule has 6 nitrogen and oxygen atoms in total. The highest BCUT2D eigenvalue weighted by Crippen LogP contribution is 2.09. The van der Waals surface area contributed by atoms with Crippen LogP contribution in [0.2, 0.25) is 0 Å². The maximum Gasteiger partial charge on any atom is 0.228 e. The number of nitrogens with zero attached hydrogens (tertiary/aromatic N) is 3. The first-order valence-electron chi connectivity index (χ1n) is 8.48. The quantitative estimate of drug-likeness (QED) is 0.379. The fourth-order valence-electron chi connectivity index (χ4n) is 2.10. The van der Waals surface area contributed by atoms with Crippen molar-refractivity contribution in [2.75, 3.05) is 13.1 Å². The summed E-state index contributed by atoms with van der Waals surface area (Å²) in [6.45, 7) is 10.4. The van der Waals surface area contributed by atoms with E-state index in [1.54, 1.807) is 0 Å². The highest BCUT2D eigenvalue weighted by Gasteiger charge is 2.09. The summed E-state index contributed by atoms with van der Waals surface area (Å²) in [6, 6.07) is 8.42. The number of hydrogen-bond donors (Lipinski definition) is 2. The van der Waals surface area contributed by atoms with Gasteiger partial charge < -0.3 is 15.2 Å². The third kappa shape index (κ3) is 7.41. The van der Waals surface area contributed by atoms with E-state index in [4.69, 9.17) is 4.52 Å². The summed E-state index contributed by atoms with van der Waals surface area (Å²) in [7, 11) is 0. The Morgan fingerprint density at radius 3 is 2.52 bits per heavy atom. The average molecular weight is 457 g/mol. The molecule has 1 aromatic heterocycles. The molecule has 0 bridgehead atoms. The molecule has 2 N–H and O–H groups in total. The Bertz CT molecular complexity index is 652. The molecule has 0 unspecified atom stereocenters. The van der Waals surface area contributed by atoms with E-state index < -0.39 is 0 Å². The van der Waals surface area contributed by atoms with Gasteiger partial charge in [0.15, 0.2) is 11.8 Å². The number of halogens is 1. The summed E-state index contributed by atoms with van der Waals surface area (Å²) < 4.78 is 5.25. The molecule has 2 rings (SSSR count). The third-order valence-corrected chi connectivity index (χ3v) is 3.52. The topological polar surface area (TPSA) is 75.3 Å². The van der Waals surface area contributed by atoms with Gasteiger partial charge in [-0.1, -0.05) is 48.8 Å². The van der Waals surface area contributed by atoms with Crippen molar-refractivity contribution >= 4 is 29.9 Å². The second-order valence-electron chi connectivity index (χ2n) is 6.06. The molecule has 1 aromatic carbocycles.